The van der Waals surface area contributed by atoms with E-state index < -0.39 is 0 Å². The topological polar surface area (TPSA) is 3.24 Å². The molecule has 1 aliphatic carbocycles. The van der Waals surface area contributed by atoms with Gasteiger partial charge in [-0.15, -0.1) is 0 Å². The van der Waals surface area contributed by atoms with Crippen molar-refractivity contribution < 1.29 is 0 Å². The number of anilines is 3. The van der Waals surface area contributed by atoms with Gasteiger partial charge >= 0.3 is 0 Å². The van der Waals surface area contributed by atoms with E-state index in [0.29, 0.717) is 0 Å². The van der Waals surface area contributed by atoms with Crippen LogP contribution >= 0.6 is 11.8 Å². The Hall–Kier alpha value is -4.19. The average Bonchev–Trinajstić information content (AvgIpc) is 3.35. The lowest BCUT2D eigenvalue weighted by Gasteiger charge is -2.33. The van der Waals surface area contributed by atoms with Crippen LogP contribution in [-0.2, 0) is 5.41 Å². The molecule has 0 saturated carbocycles. The molecule has 0 amide bonds. The molecule has 0 aliphatic heterocycles. The SMILES string of the molecule is CCCCC1(CCCC)c2cc(C#CSC)ccc2-c2ccc(-c3ccc(N(c4ccccc4)c4ccccc4)cc3)cc21. The van der Waals surface area contributed by atoms with Crippen LogP contribution in [0.2, 0.25) is 0 Å². The number of para-hydroxylation sites is 2. The summed E-state index contributed by atoms with van der Waals surface area (Å²) in [5, 5.41) is 3.22. The molecule has 0 saturated heterocycles. The van der Waals surface area contributed by atoms with Gasteiger partial charge in [-0.3, -0.25) is 0 Å². The summed E-state index contributed by atoms with van der Waals surface area (Å²) >= 11 is 1.58. The lowest BCUT2D eigenvalue weighted by Crippen LogP contribution is -2.25. The number of unbranched alkanes of at least 4 members (excludes halogenated alkanes) is 2. The number of thioether (sulfide) groups is 1. The molecule has 0 aromatic heterocycles. The third-order valence-electron chi connectivity index (χ3n) is 9.06. The van der Waals surface area contributed by atoms with E-state index in [0.717, 1.165) is 22.6 Å². The Labute approximate surface area is 268 Å². The summed E-state index contributed by atoms with van der Waals surface area (Å²) in [6, 6.07) is 44.5. The smallest absolute Gasteiger partial charge is 0.0462 e. The molecule has 0 spiro atoms. The first-order valence-corrected chi connectivity index (χ1v) is 17.2. The first kappa shape index (κ1) is 29.9. The fourth-order valence-electron chi connectivity index (χ4n) is 6.89. The van der Waals surface area contributed by atoms with Crippen molar-refractivity contribution in [3.63, 3.8) is 0 Å². The van der Waals surface area contributed by atoms with E-state index in [2.05, 4.69) is 151 Å². The second-order valence-electron chi connectivity index (χ2n) is 11.8. The largest absolute Gasteiger partial charge is 0.311 e. The second-order valence-corrected chi connectivity index (χ2v) is 12.4. The van der Waals surface area contributed by atoms with Crippen LogP contribution in [0.25, 0.3) is 22.3 Å². The Balaban J connectivity index is 1.42. The van der Waals surface area contributed by atoms with Gasteiger partial charge in [-0.25, -0.2) is 0 Å². The molecule has 0 unspecified atom stereocenters. The van der Waals surface area contributed by atoms with E-state index in [1.807, 2.05) is 6.26 Å². The zero-order chi connectivity index (χ0) is 30.4. The molecule has 6 rings (SSSR count). The highest BCUT2D eigenvalue weighted by atomic mass is 32.2. The van der Waals surface area contributed by atoms with Crippen LogP contribution in [0.3, 0.4) is 0 Å². The summed E-state index contributed by atoms with van der Waals surface area (Å²) in [6.45, 7) is 4.63. The van der Waals surface area contributed by atoms with E-state index in [9.17, 15) is 0 Å². The highest BCUT2D eigenvalue weighted by molar-refractivity contribution is 8.03. The predicted octanol–water partition coefficient (Wildman–Crippen LogP) is 12.1. The lowest BCUT2D eigenvalue weighted by atomic mass is 9.70. The van der Waals surface area contributed by atoms with Gasteiger partial charge in [-0.1, -0.05) is 124 Å². The molecule has 1 aliphatic rings. The molecular formula is C42H41NS. The molecule has 0 radical (unpaired) electrons. The van der Waals surface area contributed by atoms with Crippen molar-refractivity contribution in [2.75, 3.05) is 11.2 Å². The van der Waals surface area contributed by atoms with E-state index >= 15 is 0 Å². The molecule has 0 fully saturated rings. The molecule has 44 heavy (non-hydrogen) atoms. The molecule has 1 nitrogen and oxygen atoms in total. The molecule has 0 heterocycles. The van der Waals surface area contributed by atoms with Gasteiger partial charge in [-0.2, -0.15) is 0 Å². The van der Waals surface area contributed by atoms with Crippen LogP contribution in [-0.4, -0.2) is 6.26 Å². The standard InChI is InChI=1S/C42H41NS/c1-4-6-27-42(28-7-5-2)40-30-32(26-29-44-3)18-24-38(40)39-25-21-34(31-41(39)42)33-19-22-37(23-20-33)43(35-14-10-8-11-15-35)36-16-12-9-13-17-36/h8-25,30-31H,4-7,27-28H2,1-3H3. The van der Waals surface area contributed by atoms with Crippen molar-refractivity contribution in [2.24, 2.45) is 0 Å². The van der Waals surface area contributed by atoms with Gasteiger partial charge < -0.3 is 4.90 Å². The van der Waals surface area contributed by atoms with Gasteiger partial charge in [0, 0.05) is 28.0 Å². The van der Waals surface area contributed by atoms with Gasteiger partial charge in [0.25, 0.3) is 0 Å². The Morgan fingerprint density at radius 1 is 0.591 bits per heavy atom. The van der Waals surface area contributed by atoms with E-state index in [4.69, 9.17) is 0 Å². The van der Waals surface area contributed by atoms with Crippen LogP contribution in [0.4, 0.5) is 17.1 Å². The number of rotatable bonds is 10. The van der Waals surface area contributed by atoms with Crippen molar-refractivity contribution in [3.05, 3.63) is 138 Å². The van der Waals surface area contributed by atoms with E-state index in [-0.39, 0.29) is 5.41 Å². The van der Waals surface area contributed by atoms with Gasteiger partial charge in [0.1, 0.15) is 0 Å². The monoisotopic (exact) mass is 591 g/mol. The van der Waals surface area contributed by atoms with Crippen molar-refractivity contribution in [1.29, 1.82) is 0 Å². The van der Waals surface area contributed by atoms with Gasteiger partial charge in [0.15, 0.2) is 0 Å². The third-order valence-corrected chi connectivity index (χ3v) is 9.37. The minimum atomic E-state index is 0.0289. The summed E-state index contributed by atoms with van der Waals surface area (Å²) < 4.78 is 0. The molecule has 220 valence electrons. The van der Waals surface area contributed by atoms with Crippen LogP contribution in [0.5, 0.6) is 0 Å². The first-order valence-electron chi connectivity index (χ1n) is 16.0. The molecule has 5 aromatic carbocycles. The van der Waals surface area contributed by atoms with Crippen molar-refractivity contribution >= 4 is 28.8 Å². The van der Waals surface area contributed by atoms with Crippen LogP contribution in [0, 0.1) is 11.2 Å². The zero-order valence-electron chi connectivity index (χ0n) is 26.1. The van der Waals surface area contributed by atoms with Gasteiger partial charge in [-0.05, 0) is 112 Å². The number of benzene rings is 5. The maximum Gasteiger partial charge on any atom is 0.0462 e. The number of hydrogen-bond donors (Lipinski definition) is 0. The molecular weight excluding hydrogens is 551 g/mol. The van der Waals surface area contributed by atoms with E-state index in [1.54, 1.807) is 11.8 Å². The number of hydrogen-bond acceptors (Lipinski definition) is 2. The van der Waals surface area contributed by atoms with Gasteiger partial charge in [0.2, 0.25) is 0 Å². The molecule has 0 atom stereocenters. The van der Waals surface area contributed by atoms with Gasteiger partial charge in [0.05, 0.1) is 0 Å². The molecule has 5 aromatic rings. The summed E-state index contributed by atoms with van der Waals surface area (Å²) in [5.74, 6) is 3.38. The van der Waals surface area contributed by atoms with E-state index in [1.165, 1.54) is 71.9 Å². The zero-order valence-corrected chi connectivity index (χ0v) is 27.0. The highest BCUT2D eigenvalue weighted by Gasteiger charge is 2.42. The van der Waals surface area contributed by atoms with Crippen LogP contribution < -0.4 is 4.90 Å². The maximum absolute atomic E-state index is 3.38. The van der Waals surface area contributed by atoms with Crippen LogP contribution in [0.1, 0.15) is 69.1 Å². The maximum atomic E-state index is 3.38. The summed E-state index contributed by atoms with van der Waals surface area (Å²) in [4.78, 5) is 2.32. The highest BCUT2D eigenvalue weighted by Crippen LogP contribution is 2.55. The Morgan fingerprint density at radius 3 is 1.68 bits per heavy atom. The fourth-order valence-corrected chi connectivity index (χ4v) is 7.11. The van der Waals surface area contributed by atoms with Crippen LogP contribution in [0.15, 0.2) is 121 Å². The Morgan fingerprint density at radius 2 is 1.11 bits per heavy atom. The first-order chi connectivity index (χ1) is 21.7. The van der Waals surface area contributed by atoms with Crippen molar-refractivity contribution in [3.8, 4) is 33.4 Å². The predicted molar refractivity (Wildman–Crippen MR) is 192 cm³/mol. The van der Waals surface area contributed by atoms with Crippen molar-refractivity contribution in [2.45, 2.75) is 57.8 Å². The minimum absolute atomic E-state index is 0.0289. The fraction of sp³-hybridized carbons (Fsp3) is 0.238. The summed E-state index contributed by atoms with van der Waals surface area (Å²) in [6.07, 6.45) is 9.23. The summed E-state index contributed by atoms with van der Waals surface area (Å²) in [5.41, 5.74) is 12.9. The quantitative estimate of drug-likeness (QED) is 0.149. The molecule has 2 heteroatoms. The number of nitrogens with zero attached hydrogens (tertiary/aromatic N) is 1. The molecule has 0 N–H and O–H groups in total. The average molecular weight is 592 g/mol. The Bertz CT molecular complexity index is 1710. The third kappa shape index (κ3) is 5.82. The van der Waals surface area contributed by atoms with Crippen molar-refractivity contribution in [1.82, 2.24) is 0 Å². The number of fused-ring (bicyclic) bond motifs is 3. The normalized spacial score (nSPS) is 12.6. The summed E-state index contributed by atoms with van der Waals surface area (Å²) in [7, 11) is 0. The second kappa shape index (κ2) is 13.6. The lowest BCUT2D eigenvalue weighted by molar-refractivity contribution is 0.414. The Kier molecular flexibility index (Phi) is 9.25. The molecule has 0 bridgehead atoms. The minimum Gasteiger partial charge on any atom is -0.311 e.